The predicted molar refractivity (Wildman–Crippen MR) is 109 cm³/mol. The van der Waals surface area contributed by atoms with E-state index in [1.54, 1.807) is 4.90 Å². The molecule has 0 saturated heterocycles. The Hall–Kier alpha value is -1.95. The van der Waals surface area contributed by atoms with E-state index in [9.17, 15) is 8.78 Å². The highest BCUT2D eigenvalue weighted by atomic mass is 35.5. The van der Waals surface area contributed by atoms with E-state index >= 15 is 0 Å². The fraction of sp³-hybridized carbons (Fsp3) is 0.286. The topological polar surface area (TPSA) is 21.1 Å². The molecule has 0 spiro atoms. The zero-order chi connectivity index (χ0) is 19.9. The van der Waals surface area contributed by atoms with Gasteiger partial charge in [-0.2, -0.15) is 5.10 Å². The quantitative estimate of drug-likeness (QED) is 0.525. The van der Waals surface area contributed by atoms with Crippen molar-refractivity contribution >= 4 is 23.2 Å². The standard InChI is InChI=1S/C21H19Cl2F2N3/c1-21(24,25)13-27-11-10-16-18(12-27)26-28(19-5-3-2-4-17(19)23)20(16)14-6-8-15(22)9-7-14/h2-9H,10-13H2,1H3. The molecule has 0 radical (unpaired) electrons. The van der Waals surface area contributed by atoms with Crippen molar-refractivity contribution in [3.8, 4) is 16.9 Å². The monoisotopic (exact) mass is 421 g/mol. The van der Waals surface area contributed by atoms with Crippen LogP contribution in [0.3, 0.4) is 0 Å². The summed E-state index contributed by atoms with van der Waals surface area (Å²) in [5, 5.41) is 6.00. The second-order valence-electron chi connectivity index (χ2n) is 7.17. The molecule has 7 heteroatoms. The van der Waals surface area contributed by atoms with Crippen LogP contribution in [0.2, 0.25) is 10.0 Å². The molecule has 0 fully saturated rings. The van der Waals surface area contributed by atoms with E-state index < -0.39 is 5.92 Å². The molecule has 1 aliphatic heterocycles. The van der Waals surface area contributed by atoms with E-state index in [2.05, 4.69) is 0 Å². The van der Waals surface area contributed by atoms with E-state index in [-0.39, 0.29) is 6.54 Å². The van der Waals surface area contributed by atoms with Gasteiger partial charge in [0.2, 0.25) is 0 Å². The van der Waals surface area contributed by atoms with Crippen LogP contribution in [-0.2, 0) is 13.0 Å². The summed E-state index contributed by atoms with van der Waals surface area (Å²) in [6.07, 6.45) is 0.647. The van der Waals surface area contributed by atoms with Gasteiger partial charge in [-0.1, -0.05) is 47.5 Å². The minimum atomic E-state index is -2.73. The van der Waals surface area contributed by atoms with E-state index in [0.29, 0.717) is 29.6 Å². The molecule has 0 amide bonds. The fourth-order valence-electron chi connectivity index (χ4n) is 3.68. The molecular formula is C21H19Cl2F2N3. The van der Waals surface area contributed by atoms with Crippen molar-refractivity contribution in [2.75, 3.05) is 13.1 Å². The van der Waals surface area contributed by atoms with Crippen molar-refractivity contribution < 1.29 is 8.78 Å². The summed E-state index contributed by atoms with van der Waals surface area (Å²) in [5.41, 5.74) is 4.53. The van der Waals surface area contributed by atoms with Gasteiger partial charge < -0.3 is 0 Å². The summed E-state index contributed by atoms with van der Waals surface area (Å²) in [6, 6.07) is 15.0. The Morgan fingerprint density at radius 2 is 1.79 bits per heavy atom. The molecule has 3 aromatic rings. The molecule has 0 aliphatic carbocycles. The molecule has 146 valence electrons. The highest BCUT2D eigenvalue weighted by Crippen LogP contribution is 2.35. The van der Waals surface area contributed by atoms with Crippen LogP contribution in [0.4, 0.5) is 8.78 Å². The first-order valence-electron chi connectivity index (χ1n) is 9.03. The van der Waals surface area contributed by atoms with Gasteiger partial charge in [0.05, 0.1) is 28.6 Å². The van der Waals surface area contributed by atoms with Crippen LogP contribution in [-0.4, -0.2) is 33.7 Å². The Kier molecular flexibility index (Phi) is 5.17. The van der Waals surface area contributed by atoms with Crippen molar-refractivity contribution in [3.05, 3.63) is 69.8 Å². The number of rotatable bonds is 4. The van der Waals surface area contributed by atoms with Crippen molar-refractivity contribution in [1.82, 2.24) is 14.7 Å². The summed E-state index contributed by atoms with van der Waals surface area (Å²) in [5.74, 6) is -2.73. The first-order chi connectivity index (χ1) is 13.3. The molecule has 0 N–H and O–H groups in total. The number of benzene rings is 2. The van der Waals surface area contributed by atoms with E-state index in [1.165, 1.54) is 0 Å². The lowest BCUT2D eigenvalue weighted by Gasteiger charge is -2.28. The second kappa shape index (κ2) is 7.47. The number of alkyl halides is 2. The van der Waals surface area contributed by atoms with Crippen molar-refractivity contribution in [2.45, 2.75) is 25.8 Å². The predicted octanol–water partition coefficient (Wildman–Crippen LogP) is 5.86. The van der Waals surface area contributed by atoms with Gasteiger partial charge in [0.1, 0.15) is 0 Å². The third-order valence-corrected chi connectivity index (χ3v) is 5.39. The molecule has 1 aliphatic rings. The Balaban J connectivity index is 1.83. The number of halogens is 4. The third kappa shape index (κ3) is 3.93. The van der Waals surface area contributed by atoms with Crippen LogP contribution in [0.15, 0.2) is 48.5 Å². The zero-order valence-electron chi connectivity index (χ0n) is 15.3. The first-order valence-corrected chi connectivity index (χ1v) is 9.79. The number of para-hydroxylation sites is 1. The first kappa shape index (κ1) is 19.4. The van der Waals surface area contributed by atoms with Crippen LogP contribution in [0.5, 0.6) is 0 Å². The van der Waals surface area contributed by atoms with E-state index in [1.807, 2.05) is 53.2 Å². The van der Waals surface area contributed by atoms with Gasteiger partial charge in [-0.05, 0) is 30.7 Å². The lowest BCUT2D eigenvalue weighted by atomic mass is 9.99. The number of nitrogens with zero attached hydrogens (tertiary/aromatic N) is 3. The van der Waals surface area contributed by atoms with Crippen LogP contribution in [0.25, 0.3) is 16.9 Å². The summed E-state index contributed by atoms with van der Waals surface area (Å²) >= 11 is 12.5. The van der Waals surface area contributed by atoms with Crippen LogP contribution in [0, 0.1) is 0 Å². The van der Waals surface area contributed by atoms with E-state index in [4.69, 9.17) is 28.3 Å². The van der Waals surface area contributed by atoms with Crippen molar-refractivity contribution in [1.29, 1.82) is 0 Å². The summed E-state index contributed by atoms with van der Waals surface area (Å²) in [6.45, 7) is 1.62. The molecule has 2 aromatic carbocycles. The highest BCUT2D eigenvalue weighted by molar-refractivity contribution is 6.32. The minimum Gasteiger partial charge on any atom is -0.291 e. The Labute approximate surface area is 172 Å². The maximum Gasteiger partial charge on any atom is 0.257 e. The maximum atomic E-state index is 13.5. The summed E-state index contributed by atoms with van der Waals surface area (Å²) in [4.78, 5) is 1.75. The fourth-order valence-corrected chi connectivity index (χ4v) is 4.02. The summed E-state index contributed by atoms with van der Waals surface area (Å²) in [7, 11) is 0. The molecule has 0 atom stereocenters. The molecule has 4 rings (SSSR count). The molecule has 0 bridgehead atoms. The van der Waals surface area contributed by atoms with E-state index in [0.717, 1.165) is 35.1 Å². The molecule has 2 heterocycles. The molecule has 1 aromatic heterocycles. The second-order valence-corrected chi connectivity index (χ2v) is 8.02. The molecule has 28 heavy (non-hydrogen) atoms. The SMILES string of the molecule is CC(F)(F)CN1CCc2c(nn(-c3ccccc3Cl)c2-c2ccc(Cl)cc2)C1. The van der Waals surface area contributed by atoms with Crippen molar-refractivity contribution in [2.24, 2.45) is 0 Å². The maximum absolute atomic E-state index is 13.5. The van der Waals surface area contributed by atoms with Gasteiger partial charge in [0.25, 0.3) is 5.92 Å². The Morgan fingerprint density at radius 1 is 1.07 bits per heavy atom. The van der Waals surface area contributed by atoms with Gasteiger partial charge in [0, 0.05) is 36.2 Å². The average molecular weight is 422 g/mol. The average Bonchev–Trinajstić information content (AvgIpc) is 3.00. The van der Waals surface area contributed by atoms with Gasteiger partial charge in [0.15, 0.2) is 0 Å². The van der Waals surface area contributed by atoms with Gasteiger partial charge in [-0.25, -0.2) is 13.5 Å². The summed E-state index contributed by atoms with van der Waals surface area (Å²) < 4.78 is 28.8. The number of aromatic nitrogens is 2. The van der Waals surface area contributed by atoms with Crippen LogP contribution in [0.1, 0.15) is 18.2 Å². The number of hydrogen-bond acceptors (Lipinski definition) is 2. The highest BCUT2D eigenvalue weighted by Gasteiger charge is 2.31. The lowest BCUT2D eigenvalue weighted by molar-refractivity contribution is -0.0181. The smallest absolute Gasteiger partial charge is 0.257 e. The lowest BCUT2D eigenvalue weighted by Crippen LogP contribution is -2.38. The number of hydrogen-bond donors (Lipinski definition) is 0. The Morgan fingerprint density at radius 3 is 2.46 bits per heavy atom. The molecule has 3 nitrogen and oxygen atoms in total. The van der Waals surface area contributed by atoms with Gasteiger partial charge in [-0.15, -0.1) is 0 Å². The van der Waals surface area contributed by atoms with Crippen LogP contribution < -0.4 is 0 Å². The van der Waals surface area contributed by atoms with Gasteiger partial charge in [-0.3, -0.25) is 4.90 Å². The van der Waals surface area contributed by atoms with Crippen LogP contribution >= 0.6 is 23.2 Å². The molecular weight excluding hydrogens is 403 g/mol. The zero-order valence-corrected chi connectivity index (χ0v) is 16.8. The van der Waals surface area contributed by atoms with Gasteiger partial charge >= 0.3 is 0 Å². The third-order valence-electron chi connectivity index (χ3n) is 4.82. The number of fused-ring (bicyclic) bond motifs is 1. The molecule has 0 unspecified atom stereocenters. The largest absolute Gasteiger partial charge is 0.291 e. The Bertz CT molecular complexity index is 994. The van der Waals surface area contributed by atoms with Crippen molar-refractivity contribution in [3.63, 3.8) is 0 Å². The normalized spacial score (nSPS) is 14.9. The minimum absolute atomic E-state index is 0.276. The molecule has 0 saturated carbocycles.